The summed E-state index contributed by atoms with van der Waals surface area (Å²) in [4.78, 5) is 26.6. The number of nitrogens with zero attached hydrogens (tertiary/aromatic N) is 1. The SMILES string of the molecule is O=C1c2cc3c(cc2-c2c1c1ccc(F)cc1c(=O)n2C[C@H](O)[C@@H](O)[C@H](O)CO)OCO3. The molecular formula is C22H18FNO8. The molecule has 9 nitrogen and oxygen atoms in total. The van der Waals surface area contributed by atoms with Gasteiger partial charge in [-0.15, -0.1) is 0 Å². The van der Waals surface area contributed by atoms with Crippen LogP contribution in [0, 0.1) is 5.82 Å². The predicted octanol–water partition coefficient (Wildman–Crippen LogP) is 0.156. The summed E-state index contributed by atoms with van der Waals surface area (Å²) >= 11 is 0. The van der Waals surface area contributed by atoms with Crippen LogP contribution in [0.15, 0.2) is 35.1 Å². The Morgan fingerprint density at radius 2 is 1.66 bits per heavy atom. The first-order valence-corrected chi connectivity index (χ1v) is 9.81. The summed E-state index contributed by atoms with van der Waals surface area (Å²) in [6.07, 6.45) is -5.08. The van der Waals surface area contributed by atoms with Crippen molar-refractivity contribution in [2.75, 3.05) is 13.4 Å². The number of halogens is 1. The average molecular weight is 443 g/mol. The van der Waals surface area contributed by atoms with Gasteiger partial charge in [0.05, 0.1) is 29.8 Å². The monoisotopic (exact) mass is 443 g/mol. The fourth-order valence-electron chi connectivity index (χ4n) is 4.22. The van der Waals surface area contributed by atoms with Crippen LogP contribution in [0.3, 0.4) is 0 Å². The summed E-state index contributed by atoms with van der Waals surface area (Å²) in [5.41, 5.74) is 0.239. The van der Waals surface area contributed by atoms with Gasteiger partial charge in [-0.1, -0.05) is 6.07 Å². The lowest BCUT2D eigenvalue weighted by Gasteiger charge is -2.24. The van der Waals surface area contributed by atoms with Crippen molar-refractivity contribution in [2.24, 2.45) is 0 Å². The van der Waals surface area contributed by atoms with Crippen LogP contribution < -0.4 is 15.0 Å². The first kappa shape index (κ1) is 20.6. The number of ether oxygens (including phenoxy) is 2. The van der Waals surface area contributed by atoms with Gasteiger partial charge < -0.3 is 34.5 Å². The molecule has 2 heterocycles. The summed E-state index contributed by atoms with van der Waals surface area (Å²) in [5.74, 6) is -0.347. The molecular weight excluding hydrogens is 425 g/mol. The van der Waals surface area contributed by atoms with Gasteiger partial charge in [-0.25, -0.2) is 4.39 Å². The number of hydrogen-bond donors (Lipinski definition) is 4. The third-order valence-electron chi connectivity index (χ3n) is 5.82. The second-order valence-electron chi connectivity index (χ2n) is 7.72. The lowest BCUT2D eigenvalue weighted by Crippen LogP contribution is -2.43. The largest absolute Gasteiger partial charge is 0.454 e. The van der Waals surface area contributed by atoms with E-state index in [1.807, 2.05) is 0 Å². The van der Waals surface area contributed by atoms with Gasteiger partial charge in [0.25, 0.3) is 5.56 Å². The molecule has 0 amide bonds. The second-order valence-corrected chi connectivity index (χ2v) is 7.72. The van der Waals surface area contributed by atoms with Crippen LogP contribution in [0.4, 0.5) is 4.39 Å². The van der Waals surface area contributed by atoms with E-state index in [0.717, 1.165) is 16.7 Å². The summed E-state index contributed by atoms with van der Waals surface area (Å²) in [7, 11) is 0. The molecule has 1 aromatic heterocycles. The molecule has 1 aliphatic heterocycles. The molecule has 0 bridgehead atoms. The van der Waals surface area contributed by atoms with E-state index >= 15 is 0 Å². The zero-order valence-corrected chi connectivity index (χ0v) is 16.5. The van der Waals surface area contributed by atoms with Gasteiger partial charge in [0.15, 0.2) is 17.3 Å². The third-order valence-corrected chi connectivity index (χ3v) is 5.82. The summed E-state index contributed by atoms with van der Waals surface area (Å²) in [6, 6.07) is 6.55. The second kappa shape index (κ2) is 7.38. The van der Waals surface area contributed by atoms with Crippen molar-refractivity contribution in [3.05, 3.63) is 57.6 Å². The number of aliphatic hydroxyl groups excluding tert-OH is 4. The molecule has 3 aromatic rings. The molecule has 5 rings (SSSR count). The lowest BCUT2D eigenvalue weighted by molar-refractivity contribution is -0.0806. The van der Waals surface area contributed by atoms with E-state index in [-0.39, 0.29) is 34.4 Å². The van der Waals surface area contributed by atoms with E-state index in [1.165, 1.54) is 12.1 Å². The van der Waals surface area contributed by atoms with Crippen LogP contribution in [0.1, 0.15) is 15.9 Å². The Morgan fingerprint density at radius 3 is 2.34 bits per heavy atom. The number of benzene rings is 2. The maximum absolute atomic E-state index is 13.9. The maximum Gasteiger partial charge on any atom is 0.259 e. The van der Waals surface area contributed by atoms with Crippen molar-refractivity contribution in [1.29, 1.82) is 0 Å². The minimum Gasteiger partial charge on any atom is -0.454 e. The van der Waals surface area contributed by atoms with Crippen molar-refractivity contribution in [3.8, 4) is 22.8 Å². The van der Waals surface area contributed by atoms with Gasteiger partial charge in [0.2, 0.25) is 6.79 Å². The van der Waals surface area contributed by atoms with E-state index in [1.54, 1.807) is 6.07 Å². The molecule has 1 aliphatic carbocycles. The first-order chi connectivity index (χ1) is 15.3. The number of aliphatic hydroxyl groups is 4. The van der Waals surface area contributed by atoms with Crippen molar-refractivity contribution < 1.29 is 39.1 Å². The Bertz CT molecular complexity index is 1330. The number of carbonyl (C=O) groups excluding carboxylic acids is 1. The highest BCUT2D eigenvalue weighted by Crippen LogP contribution is 2.45. The molecule has 0 radical (unpaired) electrons. The molecule has 10 heteroatoms. The molecule has 2 aromatic carbocycles. The Balaban J connectivity index is 1.78. The topological polar surface area (TPSA) is 138 Å². The first-order valence-electron chi connectivity index (χ1n) is 9.81. The molecule has 0 saturated carbocycles. The minimum atomic E-state index is -1.76. The molecule has 0 unspecified atom stereocenters. The van der Waals surface area contributed by atoms with Crippen molar-refractivity contribution in [1.82, 2.24) is 4.57 Å². The van der Waals surface area contributed by atoms with Crippen LogP contribution in [0.5, 0.6) is 11.5 Å². The molecule has 4 N–H and O–H groups in total. The maximum atomic E-state index is 13.9. The van der Waals surface area contributed by atoms with Crippen LogP contribution in [-0.4, -0.2) is 62.5 Å². The van der Waals surface area contributed by atoms with Crippen molar-refractivity contribution in [3.63, 3.8) is 0 Å². The number of pyridine rings is 1. The Kier molecular flexibility index (Phi) is 4.75. The molecule has 0 fully saturated rings. The third kappa shape index (κ3) is 2.92. The number of carbonyl (C=O) groups is 1. The smallest absolute Gasteiger partial charge is 0.259 e. The van der Waals surface area contributed by atoms with Crippen LogP contribution in [0.2, 0.25) is 0 Å². The van der Waals surface area contributed by atoms with E-state index in [4.69, 9.17) is 14.6 Å². The van der Waals surface area contributed by atoms with Crippen LogP contribution in [0.25, 0.3) is 22.0 Å². The van der Waals surface area contributed by atoms with Gasteiger partial charge in [-0.2, -0.15) is 0 Å². The highest BCUT2D eigenvalue weighted by molar-refractivity contribution is 6.27. The zero-order chi connectivity index (χ0) is 22.7. The lowest BCUT2D eigenvalue weighted by atomic mass is 10.0. The van der Waals surface area contributed by atoms with Gasteiger partial charge in [0, 0.05) is 16.5 Å². The fourth-order valence-corrected chi connectivity index (χ4v) is 4.22. The van der Waals surface area contributed by atoms with E-state index in [0.29, 0.717) is 17.1 Å². The van der Waals surface area contributed by atoms with Crippen LogP contribution in [-0.2, 0) is 6.54 Å². The predicted molar refractivity (Wildman–Crippen MR) is 108 cm³/mol. The van der Waals surface area contributed by atoms with Gasteiger partial charge in [-0.3, -0.25) is 9.59 Å². The Morgan fingerprint density at radius 1 is 0.969 bits per heavy atom. The molecule has 0 spiro atoms. The molecule has 2 aliphatic rings. The van der Waals surface area contributed by atoms with E-state index in [2.05, 4.69) is 0 Å². The fraction of sp³-hybridized carbons (Fsp3) is 0.273. The number of aromatic nitrogens is 1. The normalized spacial score (nSPS) is 16.7. The molecule has 166 valence electrons. The summed E-state index contributed by atoms with van der Waals surface area (Å²) < 4.78 is 25.8. The van der Waals surface area contributed by atoms with Crippen molar-refractivity contribution >= 4 is 16.6 Å². The minimum absolute atomic E-state index is 0.0208. The molecule has 3 atom stereocenters. The quantitative estimate of drug-likeness (QED) is 0.342. The number of hydrogen-bond acceptors (Lipinski definition) is 8. The number of rotatable bonds is 5. The van der Waals surface area contributed by atoms with Gasteiger partial charge in [0.1, 0.15) is 24.1 Å². The van der Waals surface area contributed by atoms with Gasteiger partial charge >= 0.3 is 0 Å². The van der Waals surface area contributed by atoms with Crippen LogP contribution >= 0.6 is 0 Å². The highest BCUT2D eigenvalue weighted by Gasteiger charge is 2.36. The zero-order valence-electron chi connectivity index (χ0n) is 16.5. The number of fused-ring (bicyclic) bond motifs is 6. The van der Waals surface area contributed by atoms with Gasteiger partial charge in [-0.05, 0) is 24.3 Å². The Labute approximate surface area is 179 Å². The van der Waals surface area contributed by atoms with E-state index < -0.39 is 48.6 Å². The average Bonchev–Trinajstić information content (AvgIpc) is 3.36. The molecule has 32 heavy (non-hydrogen) atoms. The standard InChI is InChI=1S/C22H18FNO8/c23-9-1-2-10-13(3-9)22(30)24(6-14(26)21(29)15(27)7-25)19-11-4-16-17(32-8-31-16)5-12(11)20(28)18(10)19/h1-5,14-15,21,25-27,29H,6-8H2/t14-,15+,21+/m0/s1. The number of ketones is 1. The molecule has 0 saturated heterocycles. The van der Waals surface area contributed by atoms with Crippen molar-refractivity contribution in [2.45, 2.75) is 24.9 Å². The Hall–Kier alpha value is -3.31. The summed E-state index contributed by atoms with van der Waals surface area (Å²) in [5, 5.41) is 39.4. The highest BCUT2D eigenvalue weighted by atomic mass is 19.1. The van der Waals surface area contributed by atoms with E-state index in [9.17, 15) is 29.3 Å². The summed E-state index contributed by atoms with van der Waals surface area (Å²) in [6.45, 7) is -1.35.